The van der Waals surface area contributed by atoms with Crippen molar-refractivity contribution in [3.05, 3.63) is 193 Å². The summed E-state index contributed by atoms with van der Waals surface area (Å²) in [5.74, 6) is 0.508. The van der Waals surface area contributed by atoms with Gasteiger partial charge in [0.2, 0.25) is 0 Å². The van der Waals surface area contributed by atoms with Crippen LogP contribution in [0.1, 0.15) is 22.6 Å². The van der Waals surface area contributed by atoms with Gasteiger partial charge >= 0.3 is 0 Å². The number of allylic oxidation sites excluding steroid dienone is 5. The van der Waals surface area contributed by atoms with Gasteiger partial charge in [-0.3, -0.25) is 0 Å². The van der Waals surface area contributed by atoms with Crippen LogP contribution >= 0.6 is 0 Å². The first-order valence-electron chi connectivity index (χ1n) is 17.7. The summed E-state index contributed by atoms with van der Waals surface area (Å²) in [6.45, 7) is 0. The van der Waals surface area contributed by atoms with E-state index >= 15 is 0 Å². The van der Waals surface area contributed by atoms with Crippen molar-refractivity contribution in [1.29, 1.82) is 0 Å². The summed E-state index contributed by atoms with van der Waals surface area (Å²) in [6, 6.07) is 56.3. The summed E-state index contributed by atoms with van der Waals surface area (Å²) >= 11 is 0. The fourth-order valence-corrected chi connectivity index (χ4v) is 9.34. The third kappa shape index (κ3) is 3.82. The Labute approximate surface area is 292 Å². The fourth-order valence-electron chi connectivity index (χ4n) is 9.34. The maximum absolute atomic E-state index is 2.57. The predicted molar refractivity (Wildman–Crippen MR) is 213 cm³/mol. The van der Waals surface area contributed by atoms with Crippen LogP contribution < -0.4 is 0 Å². The average Bonchev–Trinajstić information content (AvgIpc) is 3.51. The van der Waals surface area contributed by atoms with Gasteiger partial charge in [0, 0.05) is 11.8 Å². The highest BCUT2D eigenvalue weighted by Crippen LogP contribution is 2.60. The molecule has 2 atom stereocenters. The quantitative estimate of drug-likeness (QED) is 0.182. The molecular formula is C50H32. The van der Waals surface area contributed by atoms with Crippen LogP contribution in [0.15, 0.2) is 176 Å². The van der Waals surface area contributed by atoms with Gasteiger partial charge in [0.1, 0.15) is 0 Å². The highest BCUT2D eigenvalue weighted by atomic mass is 14.4. The first-order valence-corrected chi connectivity index (χ1v) is 17.7. The summed E-state index contributed by atoms with van der Waals surface area (Å²) in [7, 11) is 0. The maximum Gasteiger partial charge on any atom is 0.0131 e. The maximum atomic E-state index is 2.57. The van der Waals surface area contributed by atoms with Crippen molar-refractivity contribution in [3.8, 4) is 44.5 Å². The van der Waals surface area contributed by atoms with Crippen LogP contribution in [0, 0.1) is 5.92 Å². The SMILES string of the molecule is C1=CC2C(c3cccc4ccccc34)=Cc3c(cc4c5c(cccc35)-c3c-4c(-c4ccccc4)c4ccccc4c3-c3ccccc3)C2C=C1. The largest absolute Gasteiger partial charge is 0.0761 e. The van der Waals surface area contributed by atoms with Crippen molar-refractivity contribution < 1.29 is 0 Å². The number of hydrogen-bond donors (Lipinski definition) is 0. The lowest BCUT2D eigenvalue weighted by Crippen LogP contribution is -2.18. The van der Waals surface area contributed by atoms with Crippen LogP contribution in [0.25, 0.3) is 88.5 Å². The molecule has 0 heteroatoms. The minimum absolute atomic E-state index is 0.247. The van der Waals surface area contributed by atoms with E-state index in [0.717, 1.165) is 0 Å². The molecule has 3 aliphatic rings. The molecule has 0 saturated carbocycles. The van der Waals surface area contributed by atoms with Crippen molar-refractivity contribution in [2.45, 2.75) is 5.92 Å². The van der Waals surface area contributed by atoms with Gasteiger partial charge in [-0.15, -0.1) is 0 Å². The summed E-state index contributed by atoms with van der Waals surface area (Å²) in [4.78, 5) is 0. The summed E-state index contributed by atoms with van der Waals surface area (Å²) in [6.07, 6.45) is 11.9. The van der Waals surface area contributed by atoms with Crippen LogP contribution in [-0.2, 0) is 0 Å². The Bertz CT molecular complexity index is 2790. The molecule has 0 saturated heterocycles. The van der Waals surface area contributed by atoms with E-state index in [9.17, 15) is 0 Å². The number of rotatable bonds is 3. The van der Waals surface area contributed by atoms with Crippen LogP contribution in [-0.4, -0.2) is 0 Å². The normalized spacial score (nSPS) is 16.8. The van der Waals surface area contributed by atoms with Gasteiger partial charge in [-0.1, -0.05) is 170 Å². The molecule has 50 heavy (non-hydrogen) atoms. The molecule has 0 nitrogen and oxygen atoms in total. The average molecular weight is 633 g/mol. The van der Waals surface area contributed by atoms with Crippen molar-refractivity contribution in [2.24, 2.45) is 5.92 Å². The summed E-state index contributed by atoms with van der Waals surface area (Å²) in [5.41, 5.74) is 16.1. The third-order valence-corrected chi connectivity index (χ3v) is 11.4. The first-order chi connectivity index (χ1) is 24.8. The van der Waals surface area contributed by atoms with E-state index in [2.05, 4.69) is 182 Å². The third-order valence-electron chi connectivity index (χ3n) is 11.4. The topological polar surface area (TPSA) is 0 Å². The van der Waals surface area contributed by atoms with E-state index in [1.807, 2.05) is 0 Å². The predicted octanol–water partition coefficient (Wildman–Crippen LogP) is 13.5. The zero-order valence-corrected chi connectivity index (χ0v) is 27.5. The summed E-state index contributed by atoms with van der Waals surface area (Å²) in [5, 5.41) is 7.90. The lowest BCUT2D eigenvalue weighted by molar-refractivity contribution is 0.711. The van der Waals surface area contributed by atoms with Gasteiger partial charge < -0.3 is 0 Å². The second-order valence-electron chi connectivity index (χ2n) is 13.9. The molecule has 3 aliphatic carbocycles. The molecular weight excluding hydrogens is 601 g/mol. The second-order valence-corrected chi connectivity index (χ2v) is 13.9. The van der Waals surface area contributed by atoms with Crippen LogP contribution in [0.3, 0.4) is 0 Å². The Morgan fingerprint density at radius 2 is 0.920 bits per heavy atom. The molecule has 2 unspecified atom stereocenters. The van der Waals surface area contributed by atoms with Crippen LogP contribution in [0.4, 0.5) is 0 Å². The molecule has 8 aromatic carbocycles. The van der Waals surface area contributed by atoms with E-state index < -0.39 is 0 Å². The molecule has 0 fully saturated rings. The molecule has 8 aromatic rings. The van der Waals surface area contributed by atoms with Gasteiger partial charge in [0.25, 0.3) is 0 Å². The number of hydrogen-bond acceptors (Lipinski definition) is 0. The van der Waals surface area contributed by atoms with Gasteiger partial charge in [-0.05, 0) is 111 Å². The molecule has 0 bridgehead atoms. The van der Waals surface area contributed by atoms with Gasteiger partial charge in [0.05, 0.1) is 0 Å². The summed E-state index contributed by atoms with van der Waals surface area (Å²) < 4.78 is 0. The lowest BCUT2D eigenvalue weighted by Gasteiger charge is -2.34. The zero-order valence-electron chi connectivity index (χ0n) is 27.5. The fraction of sp³-hybridized carbons (Fsp3) is 0.0400. The number of benzene rings is 8. The molecule has 0 N–H and O–H groups in total. The lowest BCUT2D eigenvalue weighted by atomic mass is 9.69. The molecule has 0 amide bonds. The van der Waals surface area contributed by atoms with Crippen molar-refractivity contribution in [1.82, 2.24) is 0 Å². The van der Waals surface area contributed by atoms with Crippen molar-refractivity contribution >= 4 is 44.0 Å². The molecule has 232 valence electrons. The Kier molecular flexibility index (Phi) is 5.89. The number of fused-ring (bicyclic) bond motifs is 9. The van der Waals surface area contributed by atoms with Crippen LogP contribution in [0.2, 0.25) is 0 Å². The molecule has 0 spiro atoms. The standard InChI is InChI=1S/C50H32/c1-3-16-32(17-4-1)46-38-24-11-12-25-39(38)47(33-18-5-2-6-19-33)50-45-30-43-37-23-10-9-22-36(37)42(35-26-13-20-31-15-7-8-21-34(31)35)29-44(43)40-27-14-28-41(48(40)45)49(46)50/h1-30,36-37H. The Morgan fingerprint density at radius 3 is 1.64 bits per heavy atom. The minimum Gasteiger partial charge on any atom is -0.0761 e. The van der Waals surface area contributed by atoms with E-state index in [1.165, 1.54) is 99.1 Å². The molecule has 11 rings (SSSR count). The van der Waals surface area contributed by atoms with E-state index in [0.29, 0.717) is 0 Å². The zero-order chi connectivity index (χ0) is 32.8. The van der Waals surface area contributed by atoms with E-state index in [-0.39, 0.29) is 11.8 Å². The van der Waals surface area contributed by atoms with Gasteiger partial charge in [-0.25, -0.2) is 0 Å². The monoisotopic (exact) mass is 632 g/mol. The first kappa shape index (κ1) is 27.7. The second kappa shape index (κ2) is 10.6. The van der Waals surface area contributed by atoms with Crippen molar-refractivity contribution in [3.63, 3.8) is 0 Å². The van der Waals surface area contributed by atoms with E-state index in [4.69, 9.17) is 0 Å². The molecule has 0 heterocycles. The Hall–Kier alpha value is -6.24. The Morgan fingerprint density at radius 1 is 0.380 bits per heavy atom. The highest BCUT2D eigenvalue weighted by molar-refractivity contribution is 6.28. The minimum atomic E-state index is 0.247. The molecule has 0 aliphatic heterocycles. The van der Waals surface area contributed by atoms with E-state index in [1.54, 1.807) is 0 Å². The van der Waals surface area contributed by atoms with Gasteiger partial charge in [-0.2, -0.15) is 0 Å². The smallest absolute Gasteiger partial charge is 0.0131 e. The van der Waals surface area contributed by atoms with Gasteiger partial charge in [0.15, 0.2) is 0 Å². The highest BCUT2D eigenvalue weighted by Gasteiger charge is 2.36. The van der Waals surface area contributed by atoms with Crippen LogP contribution in [0.5, 0.6) is 0 Å². The van der Waals surface area contributed by atoms with Crippen molar-refractivity contribution in [2.75, 3.05) is 0 Å². The molecule has 0 aromatic heterocycles. The molecule has 0 radical (unpaired) electrons. The Balaban J connectivity index is 1.29.